The Bertz CT molecular complexity index is 813. The van der Waals surface area contributed by atoms with Crippen LogP contribution in [0.2, 0.25) is 0 Å². The summed E-state index contributed by atoms with van der Waals surface area (Å²) in [5.41, 5.74) is 0.0289. The molecule has 2 aromatic carbocycles. The monoisotopic (exact) mass is 413 g/mol. The van der Waals surface area contributed by atoms with E-state index in [9.17, 15) is 18.4 Å². The van der Waals surface area contributed by atoms with Gasteiger partial charge < -0.3 is 14.8 Å². The van der Waals surface area contributed by atoms with E-state index in [0.29, 0.717) is 15.8 Å². The van der Waals surface area contributed by atoms with Crippen molar-refractivity contribution in [3.63, 3.8) is 0 Å². The minimum Gasteiger partial charge on any atom is -0.480 e. The van der Waals surface area contributed by atoms with E-state index in [1.807, 2.05) is 0 Å². The van der Waals surface area contributed by atoms with E-state index in [0.717, 1.165) is 18.2 Å². The lowest BCUT2D eigenvalue weighted by Gasteiger charge is -2.16. The fourth-order valence-corrected chi connectivity index (χ4v) is 2.39. The molecule has 8 heteroatoms. The van der Waals surface area contributed by atoms with Crippen LogP contribution in [0.25, 0.3) is 0 Å². The molecule has 2 rings (SSSR count). The summed E-state index contributed by atoms with van der Waals surface area (Å²) < 4.78 is 37.2. The molecule has 132 valence electrons. The number of hydrogen-bond acceptors (Lipinski definition) is 4. The fourth-order valence-electron chi connectivity index (χ4n) is 1.91. The van der Waals surface area contributed by atoms with E-state index in [4.69, 9.17) is 4.74 Å². The third-order valence-electron chi connectivity index (χ3n) is 3.21. The van der Waals surface area contributed by atoms with Gasteiger partial charge in [-0.15, -0.1) is 0 Å². The number of methoxy groups -OCH3 is 1. The molecule has 0 aromatic heterocycles. The van der Waals surface area contributed by atoms with Gasteiger partial charge in [-0.25, -0.2) is 13.6 Å². The molecule has 2 aromatic rings. The molecule has 0 heterocycles. The van der Waals surface area contributed by atoms with E-state index in [-0.39, 0.29) is 5.69 Å². The first-order chi connectivity index (χ1) is 11.8. The Balaban J connectivity index is 2.08. The Morgan fingerprint density at radius 2 is 1.88 bits per heavy atom. The highest BCUT2D eigenvalue weighted by atomic mass is 79.9. The number of esters is 1. The van der Waals surface area contributed by atoms with Gasteiger partial charge in [0.25, 0.3) is 5.91 Å². The van der Waals surface area contributed by atoms with Crippen LogP contribution in [0.4, 0.5) is 14.5 Å². The molecule has 0 aliphatic carbocycles. The topological polar surface area (TPSA) is 64.6 Å². The summed E-state index contributed by atoms with van der Waals surface area (Å²) in [5.74, 6) is -2.31. The van der Waals surface area contributed by atoms with E-state index >= 15 is 0 Å². The van der Waals surface area contributed by atoms with E-state index in [1.165, 1.54) is 32.2 Å². The molecule has 1 unspecified atom stereocenters. The Labute approximate surface area is 151 Å². The Morgan fingerprint density at radius 1 is 1.16 bits per heavy atom. The molecule has 1 amide bonds. The second-order valence-electron chi connectivity index (χ2n) is 5.01. The van der Waals surface area contributed by atoms with Gasteiger partial charge in [0.05, 0.1) is 22.8 Å². The highest BCUT2D eigenvalue weighted by molar-refractivity contribution is 9.10. The van der Waals surface area contributed by atoms with Gasteiger partial charge in [0.2, 0.25) is 0 Å². The average molecular weight is 414 g/mol. The molecule has 1 N–H and O–H groups in total. The number of halogens is 3. The zero-order valence-electron chi connectivity index (χ0n) is 13.3. The summed E-state index contributed by atoms with van der Waals surface area (Å²) in [6.45, 7) is 1.45. The molecular weight excluding hydrogens is 400 g/mol. The van der Waals surface area contributed by atoms with Crippen LogP contribution >= 0.6 is 15.9 Å². The van der Waals surface area contributed by atoms with Gasteiger partial charge >= 0.3 is 5.97 Å². The summed E-state index contributed by atoms with van der Waals surface area (Å²) in [7, 11) is 1.26. The molecule has 0 aliphatic heterocycles. The van der Waals surface area contributed by atoms with Gasteiger partial charge in [0.1, 0.15) is 17.4 Å². The maximum atomic E-state index is 13.6. The normalized spacial score (nSPS) is 11.6. The summed E-state index contributed by atoms with van der Waals surface area (Å²) in [4.78, 5) is 23.6. The SMILES string of the molecule is COC(=O)c1ccc(OC(C)C(=O)Nc2cc(F)ccc2F)c(Br)c1. The van der Waals surface area contributed by atoms with Crippen LogP contribution in [-0.4, -0.2) is 25.1 Å². The van der Waals surface area contributed by atoms with Crippen molar-refractivity contribution in [2.24, 2.45) is 0 Å². The minimum absolute atomic E-state index is 0.277. The zero-order chi connectivity index (χ0) is 18.6. The van der Waals surface area contributed by atoms with Crippen LogP contribution in [0.3, 0.4) is 0 Å². The van der Waals surface area contributed by atoms with Crippen molar-refractivity contribution >= 4 is 33.5 Å². The number of nitrogens with one attached hydrogen (secondary N) is 1. The molecule has 25 heavy (non-hydrogen) atoms. The number of benzene rings is 2. The number of carbonyl (C=O) groups excluding carboxylic acids is 2. The highest BCUT2D eigenvalue weighted by Crippen LogP contribution is 2.27. The second-order valence-corrected chi connectivity index (χ2v) is 5.86. The lowest BCUT2D eigenvalue weighted by atomic mass is 10.2. The lowest BCUT2D eigenvalue weighted by Crippen LogP contribution is -2.30. The Kier molecular flexibility index (Phi) is 6.08. The highest BCUT2D eigenvalue weighted by Gasteiger charge is 2.19. The zero-order valence-corrected chi connectivity index (χ0v) is 14.9. The van der Waals surface area contributed by atoms with Gasteiger partial charge in [0.15, 0.2) is 6.10 Å². The standard InChI is InChI=1S/C17H14BrF2NO4/c1-9(16(22)21-14-8-11(19)4-5-13(14)20)25-15-6-3-10(7-12(15)18)17(23)24-2/h3-9H,1-2H3,(H,21,22). The lowest BCUT2D eigenvalue weighted by molar-refractivity contribution is -0.122. The third-order valence-corrected chi connectivity index (χ3v) is 3.83. The van der Waals surface area contributed by atoms with Gasteiger partial charge in [-0.2, -0.15) is 0 Å². The summed E-state index contributed by atoms with van der Waals surface area (Å²) in [5, 5.41) is 2.26. The van der Waals surface area contributed by atoms with Gasteiger partial charge in [-0.3, -0.25) is 4.79 Å². The summed E-state index contributed by atoms with van der Waals surface area (Å²) in [6.07, 6.45) is -0.997. The molecule has 0 fully saturated rings. The van der Waals surface area contributed by atoms with Gasteiger partial charge in [-0.1, -0.05) is 0 Å². The van der Waals surface area contributed by atoms with Crippen LogP contribution in [-0.2, 0) is 9.53 Å². The molecule has 0 saturated carbocycles. The van der Waals surface area contributed by atoms with Crippen molar-refractivity contribution in [2.45, 2.75) is 13.0 Å². The Hall–Kier alpha value is -2.48. The van der Waals surface area contributed by atoms with Crippen molar-refractivity contribution in [2.75, 3.05) is 12.4 Å². The van der Waals surface area contributed by atoms with Gasteiger partial charge in [-0.05, 0) is 53.2 Å². The first-order valence-corrected chi connectivity index (χ1v) is 7.91. The number of amides is 1. The predicted molar refractivity (Wildman–Crippen MR) is 90.6 cm³/mol. The molecule has 0 bridgehead atoms. The maximum absolute atomic E-state index is 13.6. The van der Waals surface area contributed by atoms with Crippen LogP contribution in [0.5, 0.6) is 5.75 Å². The Morgan fingerprint density at radius 3 is 2.52 bits per heavy atom. The predicted octanol–water partition coefficient (Wildman–Crippen LogP) is 3.92. The number of carbonyl (C=O) groups is 2. The van der Waals surface area contributed by atoms with Crippen molar-refractivity contribution in [3.8, 4) is 5.75 Å². The summed E-state index contributed by atoms with van der Waals surface area (Å²) in [6, 6.07) is 7.19. The van der Waals surface area contributed by atoms with Crippen LogP contribution < -0.4 is 10.1 Å². The van der Waals surface area contributed by atoms with E-state index < -0.39 is 29.6 Å². The maximum Gasteiger partial charge on any atom is 0.337 e. The quantitative estimate of drug-likeness (QED) is 0.754. The number of rotatable bonds is 5. The average Bonchev–Trinajstić information content (AvgIpc) is 2.58. The molecule has 0 saturated heterocycles. The molecule has 0 spiro atoms. The first-order valence-electron chi connectivity index (χ1n) is 7.12. The third kappa shape index (κ3) is 4.76. The van der Waals surface area contributed by atoms with Crippen LogP contribution in [0.15, 0.2) is 40.9 Å². The largest absolute Gasteiger partial charge is 0.480 e. The molecule has 5 nitrogen and oxygen atoms in total. The van der Waals surface area contributed by atoms with Crippen LogP contribution in [0.1, 0.15) is 17.3 Å². The van der Waals surface area contributed by atoms with Crippen molar-refractivity contribution in [3.05, 3.63) is 58.1 Å². The molecule has 0 aliphatic rings. The number of ether oxygens (including phenoxy) is 2. The second kappa shape index (κ2) is 8.06. The van der Waals surface area contributed by atoms with E-state index in [1.54, 1.807) is 0 Å². The fraction of sp³-hybridized carbons (Fsp3) is 0.176. The molecule has 0 radical (unpaired) electrons. The minimum atomic E-state index is -0.997. The molecule has 1 atom stereocenters. The van der Waals surface area contributed by atoms with Crippen molar-refractivity contribution in [1.29, 1.82) is 0 Å². The molecular formula is C17H14BrF2NO4. The van der Waals surface area contributed by atoms with Crippen LogP contribution in [0, 0.1) is 11.6 Å². The smallest absolute Gasteiger partial charge is 0.337 e. The number of hydrogen-bond donors (Lipinski definition) is 1. The van der Waals surface area contributed by atoms with Crippen molar-refractivity contribution in [1.82, 2.24) is 0 Å². The van der Waals surface area contributed by atoms with E-state index in [2.05, 4.69) is 26.0 Å². The van der Waals surface area contributed by atoms with Gasteiger partial charge in [0, 0.05) is 6.07 Å². The number of anilines is 1. The summed E-state index contributed by atoms with van der Waals surface area (Å²) >= 11 is 3.24. The van der Waals surface area contributed by atoms with Crippen molar-refractivity contribution < 1.29 is 27.8 Å². The first kappa shape index (κ1) is 18.9.